The molecule has 0 aliphatic carbocycles. The second-order valence-electron chi connectivity index (χ2n) is 3.51. The third kappa shape index (κ3) is 1.63. The fourth-order valence-electron chi connectivity index (χ4n) is 1.50. The number of anilines is 1. The van der Waals surface area contributed by atoms with Crippen molar-refractivity contribution in [1.29, 1.82) is 0 Å². The number of hydrogen-bond acceptors (Lipinski definition) is 6. The molecule has 0 aromatic carbocycles. The molecule has 2 rings (SSSR count). The van der Waals surface area contributed by atoms with E-state index in [0.717, 1.165) is 12.8 Å². The summed E-state index contributed by atoms with van der Waals surface area (Å²) in [6.45, 7) is 2.01. The van der Waals surface area contributed by atoms with Crippen molar-refractivity contribution in [3.8, 4) is 0 Å². The molecule has 1 atom stereocenters. The molecule has 8 heteroatoms. The summed E-state index contributed by atoms with van der Waals surface area (Å²) in [4.78, 5) is 17.8. The first-order valence-electron chi connectivity index (χ1n) is 4.99. The zero-order valence-electron chi connectivity index (χ0n) is 8.84. The molecule has 0 amide bonds. The van der Waals surface area contributed by atoms with E-state index in [4.69, 9.17) is 11.5 Å². The third-order valence-corrected chi connectivity index (χ3v) is 2.25. The number of nitrogens with zero attached hydrogens (tertiary/aromatic N) is 4. The van der Waals surface area contributed by atoms with Gasteiger partial charge in [0.1, 0.15) is 6.17 Å². The van der Waals surface area contributed by atoms with E-state index in [-0.39, 0.29) is 17.6 Å². The van der Waals surface area contributed by atoms with Crippen LogP contribution in [0.25, 0.3) is 11.2 Å². The van der Waals surface area contributed by atoms with Gasteiger partial charge in [-0.2, -0.15) is 4.98 Å². The lowest BCUT2D eigenvalue weighted by Gasteiger charge is -2.09. The molecule has 16 heavy (non-hydrogen) atoms. The summed E-state index contributed by atoms with van der Waals surface area (Å²) in [7, 11) is 0. The Balaban J connectivity index is 2.60. The molecule has 0 bridgehead atoms. The summed E-state index contributed by atoms with van der Waals surface area (Å²) in [5.74, 6) is 0.0322. The Morgan fingerprint density at radius 2 is 2.31 bits per heavy atom. The smallest absolute Gasteiger partial charge is 0.282 e. The Morgan fingerprint density at radius 1 is 1.56 bits per heavy atom. The van der Waals surface area contributed by atoms with Crippen molar-refractivity contribution < 1.29 is 0 Å². The van der Waals surface area contributed by atoms with Crippen LogP contribution in [-0.4, -0.2) is 25.0 Å². The van der Waals surface area contributed by atoms with Crippen molar-refractivity contribution in [3.63, 3.8) is 0 Å². The van der Waals surface area contributed by atoms with E-state index in [9.17, 15) is 4.79 Å². The van der Waals surface area contributed by atoms with Crippen LogP contribution in [0.15, 0.2) is 4.79 Å². The molecule has 0 saturated heterocycles. The molecule has 8 nitrogen and oxygen atoms in total. The number of nitrogens with one attached hydrogen (secondary N) is 1. The normalized spacial score (nSPS) is 13.1. The third-order valence-electron chi connectivity index (χ3n) is 2.25. The van der Waals surface area contributed by atoms with Crippen LogP contribution >= 0.6 is 0 Å². The van der Waals surface area contributed by atoms with Crippen molar-refractivity contribution in [2.24, 2.45) is 5.73 Å². The highest BCUT2D eigenvalue weighted by Crippen LogP contribution is 2.11. The number of aromatic amines is 1. The summed E-state index contributed by atoms with van der Waals surface area (Å²) in [6.07, 6.45) is 1.29. The number of rotatable bonds is 3. The highest BCUT2D eigenvalue weighted by molar-refractivity contribution is 5.69. The molecular formula is C8H13N7O. The van der Waals surface area contributed by atoms with E-state index < -0.39 is 5.56 Å². The zero-order valence-corrected chi connectivity index (χ0v) is 8.84. The Kier molecular flexibility index (Phi) is 2.57. The number of aromatic nitrogens is 5. The topological polar surface area (TPSA) is 128 Å². The average Bonchev–Trinajstić information content (AvgIpc) is 2.61. The molecule has 0 fully saturated rings. The summed E-state index contributed by atoms with van der Waals surface area (Å²) in [5, 5.41) is 7.55. The SMILES string of the molecule is CCCC(N)n1nnc2c(=O)[nH]c(N)nc21. The molecule has 2 aromatic rings. The van der Waals surface area contributed by atoms with Gasteiger partial charge in [0.25, 0.3) is 5.56 Å². The first kappa shape index (κ1) is 10.6. The summed E-state index contributed by atoms with van der Waals surface area (Å²) in [6, 6.07) is 0. The fourth-order valence-corrected chi connectivity index (χ4v) is 1.50. The highest BCUT2D eigenvalue weighted by atomic mass is 16.1. The van der Waals surface area contributed by atoms with E-state index in [2.05, 4.69) is 20.3 Å². The molecule has 1 unspecified atom stereocenters. The number of H-pyrrole nitrogens is 1. The maximum absolute atomic E-state index is 11.5. The average molecular weight is 223 g/mol. The molecule has 2 heterocycles. The predicted octanol–water partition coefficient (Wildman–Crippen LogP) is -0.646. The minimum absolute atomic E-state index is 0.0322. The molecule has 0 saturated carbocycles. The number of fused-ring (bicyclic) bond motifs is 1. The van der Waals surface area contributed by atoms with Gasteiger partial charge in [-0.1, -0.05) is 18.6 Å². The first-order chi connectivity index (χ1) is 7.63. The van der Waals surface area contributed by atoms with Gasteiger partial charge in [0.05, 0.1) is 0 Å². The van der Waals surface area contributed by atoms with Crippen LogP contribution in [0.5, 0.6) is 0 Å². The van der Waals surface area contributed by atoms with Crippen LogP contribution in [0.4, 0.5) is 5.95 Å². The standard InChI is InChI=1S/C8H13N7O/c1-2-3-4(9)15-6-5(13-14-15)7(16)12-8(10)11-6/h4H,2-3,9H2,1H3,(H3,10,11,12,16). The highest BCUT2D eigenvalue weighted by Gasteiger charge is 2.14. The maximum atomic E-state index is 11.5. The van der Waals surface area contributed by atoms with Crippen LogP contribution in [0.1, 0.15) is 25.9 Å². The van der Waals surface area contributed by atoms with E-state index in [1.165, 1.54) is 4.68 Å². The Morgan fingerprint density at radius 3 is 3.00 bits per heavy atom. The van der Waals surface area contributed by atoms with Crippen molar-refractivity contribution in [1.82, 2.24) is 25.0 Å². The Labute approximate surface area is 90.6 Å². The second kappa shape index (κ2) is 3.89. The molecule has 2 aromatic heterocycles. The van der Waals surface area contributed by atoms with Crippen LogP contribution in [0.3, 0.4) is 0 Å². The molecule has 86 valence electrons. The predicted molar refractivity (Wildman–Crippen MR) is 58.5 cm³/mol. The Hall–Kier alpha value is -1.96. The van der Waals surface area contributed by atoms with Gasteiger partial charge >= 0.3 is 0 Å². The molecule has 0 aliphatic heterocycles. The lowest BCUT2D eigenvalue weighted by atomic mass is 10.3. The van der Waals surface area contributed by atoms with Gasteiger partial charge in [0.2, 0.25) is 5.95 Å². The Bertz CT molecular complexity index is 557. The van der Waals surface area contributed by atoms with E-state index in [1.807, 2.05) is 6.92 Å². The second-order valence-corrected chi connectivity index (χ2v) is 3.51. The van der Waals surface area contributed by atoms with Crippen molar-refractivity contribution >= 4 is 17.1 Å². The zero-order chi connectivity index (χ0) is 11.7. The van der Waals surface area contributed by atoms with E-state index >= 15 is 0 Å². The lowest BCUT2D eigenvalue weighted by molar-refractivity contribution is 0.433. The van der Waals surface area contributed by atoms with Gasteiger partial charge in [0, 0.05) is 0 Å². The van der Waals surface area contributed by atoms with Crippen LogP contribution in [-0.2, 0) is 0 Å². The maximum Gasteiger partial charge on any atom is 0.282 e. The van der Waals surface area contributed by atoms with Crippen LogP contribution in [0.2, 0.25) is 0 Å². The van der Waals surface area contributed by atoms with Gasteiger partial charge in [0.15, 0.2) is 11.2 Å². The van der Waals surface area contributed by atoms with Gasteiger partial charge in [-0.15, -0.1) is 5.10 Å². The number of nitrogen functional groups attached to an aromatic ring is 1. The van der Waals surface area contributed by atoms with Gasteiger partial charge in [-0.25, -0.2) is 4.68 Å². The van der Waals surface area contributed by atoms with Crippen LogP contribution < -0.4 is 17.0 Å². The number of nitrogens with two attached hydrogens (primary N) is 2. The fraction of sp³-hybridized carbons (Fsp3) is 0.500. The summed E-state index contributed by atoms with van der Waals surface area (Å²) in [5.41, 5.74) is 11.4. The molecule has 0 aliphatic rings. The summed E-state index contributed by atoms with van der Waals surface area (Å²) < 4.78 is 1.42. The van der Waals surface area contributed by atoms with E-state index in [1.54, 1.807) is 0 Å². The van der Waals surface area contributed by atoms with Gasteiger partial charge in [-0.3, -0.25) is 9.78 Å². The molecule has 0 spiro atoms. The molecular weight excluding hydrogens is 210 g/mol. The number of hydrogen-bond donors (Lipinski definition) is 3. The quantitative estimate of drug-likeness (QED) is 0.634. The minimum Gasteiger partial charge on any atom is -0.369 e. The monoisotopic (exact) mass is 223 g/mol. The van der Waals surface area contributed by atoms with Crippen molar-refractivity contribution in [2.75, 3.05) is 5.73 Å². The molecule has 0 radical (unpaired) electrons. The first-order valence-corrected chi connectivity index (χ1v) is 4.99. The largest absolute Gasteiger partial charge is 0.369 e. The van der Waals surface area contributed by atoms with E-state index in [0.29, 0.717) is 5.65 Å². The minimum atomic E-state index is -0.405. The lowest BCUT2D eigenvalue weighted by Crippen LogP contribution is -2.21. The van der Waals surface area contributed by atoms with Gasteiger partial charge in [-0.05, 0) is 6.42 Å². The van der Waals surface area contributed by atoms with Crippen molar-refractivity contribution in [2.45, 2.75) is 25.9 Å². The van der Waals surface area contributed by atoms with Gasteiger partial charge < -0.3 is 11.5 Å². The van der Waals surface area contributed by atoms with Crippen LogP contribution in [0, 0.1) is 0 Å². The molecule has 5 N–H and O–H groups in total. The van der Waals surface area contributed by atoms with Crippen molar-refractivity contribution in [3.05, 3.63) is 10.4 Å². The summed E-state index contributed by atoms with van der Waals surface area (Å²) >= 11 is 0.